The Morgan fingerprint density at radius 3 is 2.10 bits per heavy atom. The van der Waals surface area contributed by atoms with Crippen molar-refractivity contribution in [3.8, 4) is 0 Å². The number of benzene rings is 1. The van der Waals surface area contributed by atoms with Crippen LogP contribution in [0.2, 0.25) is 0 Å². The van der Waals surface area contributed by atoms with Gasteiger partial charge in [-0.05, 0) is 56.9 Å². The molecule has 1 aromatic rings. The third-order valence-corrected chi connectivity index (χ3v) is 7.18. The number of hydrogen-bond donors (Lipinski definition) is 2. The first kappa shape index (κ1) is 19.8. The van der Waals surface area contributed by atoms with Crippen LogP contribution in [0.25, 0.3) is 0 Å². The summed E-state index contributed by atoms with van der Waals surface area (Å²) in [5.41, 5.74) is 0.394. The third-order valence-electron chi connectivity index (χ3n) is 5.64. The minimum Gasteiger partial charge on any atom is -0.324 e. The molecule has 154 valence electrons. The van der Waals surface area contributed by atoms with Gasteiger partial charge in [-0.3, -0.25) is 19.3 Å². The van der Waals surface area contributed by atoms with E-state index >= 15 is 0 Å². The topological polar surface area (TPSA) is 113 Å². The molecule has 4 rings (SSSR count). The Kier molecular flexibility index (Phi) is 5.04. The Bertz CT molecular complexity index is 956. The van der Waals surface area contributed by atoms with Crippen molar-refractivity contribution in [3.63, 3.8) is 0 Å². The summed E-state index contributed by atoms with van der Waals surface area (Å²) in [6.07, 6.45) is 6.52. The summed E-state index contributed by atoms with van der Waals surface area (Å²) >= 11 is 0. The largest absolute Gasteiger partial charge is 0.324 e. The Morgan fingerprint density at radius 1 is 1.03 bits per heavy atom. The molecule has 2 N–H and O–H groups in total. The molecule has 3 atom stereocenters. The minimum atomic E-state index is -3.56. The summed E-state index contributed by atoms with van der Waals surface area (Å²) in [5, 5.41) is 2.66. The molecule has 29 heavy (non-hydrogen) atoms. The molecule has 0 aromatic heterocycles. The molecule has 1 aliphatic heterocycles. The fourth-order valence-electron chi connectivity index (χ4n) is 3.78. The molecular formula is C20H23N3O5S. The molecule has 3 aliphatic rings. The van der Waals surface area contributed by atoms with Crippen LogP contribution in [0.4, 0.5) is 5.69 Å². The van der Waals surface area contributed by atoms with Crippen LogP contribution in [0, 0.1) is 11.8 Å². The van der Waals surface area contributed by atoms with E-state index in [1.807, 2.05) is 12.2 Å². The van der Waals surface area contributed by atoms with Gasteiger partial charge in [-0.1, -0.05) is 12.2 Å². The van der Waals surface area contributed by atoms with E-state index < -0.39 is 22.0 Å². The molecule has 1 heterocycles. The number of imide groups is 1. The highest BCUT2D eigenvalue weighted by atomic mass is 32.2. The van der Waals surface area contributed by atoms with Crippen LogP contribution in [-0.2, 0) is 24.4 Å². The van der Waals surface area contributed by atoms with E-state index in [9.17, 15) is 22.8 Å². The average Bonchev–Trinajstić information content (AvgIpc) is 3.47. The van der Waals surface area contributed by atoms with Crippen molar-refractivity contribution in [2.75, 3.05) is 5.32 Å². The lowest BCUT2D eigenvalue weighted by Crippen LogP contribution is -2.46. The molecule has 0 bridgehead atoms. The first-order valence-corrected chi connectivity index (χ1v) is 11.2. The Morgan fingerprint density at radius 2 is 1.59 bits per heavy atom. The quantitative estimate of drug-likeness (QED) is 0.537. The van der Waals surface area contributed by atoms with Gasteiger partial charge in [-0.15, -0.1) is 0 Å². The fourth-order valence-corrected chi connectivity index (χ4v) is 5.08. The number of amides is 3. The average molecular weight is 417 g/mol. The van der Waals surface area contributed by atoms with Crippen molar-refractivity contribution >= 4 is 33.4 Å². The number of likely N-dealkylation sites (tertiary alicyclic amines) is 1. The first-order valence-electron chi connectivity index (χ1n) is 9.73. The highest BCUT2D eigenvalue weighted by molar-refractivity contribution is 7.89. The van der Waals surface area contributed by atoms with Crippen molar-refractivity contribution in [2.45, 2.75) is 49.6 Å². The second-order valence-electron chi connectivity index (χ2n) is 7.79. The predicted octanol–water partition coefficient (Wildman–Crippen LogP) is 1.41. The number of anilines is 1. The monoisotopic (exact) mass is 417 g/mol. The van der Waals surface area contributed by atoms with Gasteiger partial charge in [0.25, 0.3) is 0 Å². The molecule has 0 spiro atoms. The summed E-state index contributed by atoms with van der Waals surface area (Å²) < 4.78 is 27.0. The molecule has 2 fully saturated rings. The number of nitrogens with zero attached hydrogens (tertiary/aromatic N) is 1. The standard InChI is InChI=1S/C20H23N3O5S/c1-12(23-19(25)16-4-2-3-5-17(16)20(23)26)18(24)21-13-8-10-15(11-9-13)29(27,28)22-14-6-7-14/h2-3,8-12,14,16-17,22H,4-7H2,1H3,(H,21,24)/t12-,16-,17-/m0/s1. The Balaban J connectivity index is 1.42. The molecule has 1 saturated carbocycles. The maximum atomic E-state index is 12.6. The van der Waals surface area contributed by atoms with Gasteiger partial charge in [0, 0.05) is 11.7 Å². The van der Waals surface area contributed by atoms with Crippen molar-refractivity contribution < 1.29 is 22.8 Å². The second kappa shape index (κ2) is 7.38. The lowest BCUT2D eigenvalue weighted by Gasteiger charge is -2.22. The van der Waals surface area contributed by atoms with Crippen molar-refractivity contribution in [1.29, 1.82) is 0 Å². The maximum Gasteiger partial charge on any atom is 0.247 e. The van der Waals surface area contributed by atoms with Crippen molar-refractivity contribution in [1.82, 2.24) is 9.62 Å². The molecular weight excluding hydrogens is 394 g/mol. The predicted molar refractivity (Wildman–Crippen MR) is 105 cm³/mol. The van der Waals surface area contributed by atoms with Crippen LogP contribution in [0.1, 0.15) is 32.6 Å². The van der Waals surface area contributed by atoms with E-state index in [4.69, 9.17) is 0 Å². The number of nitrogens with one attached hydrogen (secondary N) is 2. The summed E-state index contributed by atoms with van der Waals surface area (Å²) in [6.45, 7) is 1.52. The highest BCUT2D eigenvalue weighted by Crippen LogP contribution is 2.36. The Labute approximate surface area is 169 Å². The SMILES string of the molecule is C[C@@H](C(=O)Nc1ccc(S(=O)(=O)NC2CC2)cc1)N1C(=O)[C@H]2CC=CC[C@@H]2C1=O. The molecule has 1 saturated heterocycles. The van der Waals surface area contributed by atoms with E-state index in [0.29, 0.717) is 18.5 Å². The highest BCUT2D eigenvalue weighted by Gasteiger charge is 2.50. The van der Waals surface area contributed by atoms with Crippen LogP contribution in [-0.4, -0.2) is 43.1 Å². The molecule has 8 nitrogen and oxygen atoms in total. The van der Waals surface area contributed by atoms with Gasteiger partial charge in [-0.2, -0.15) is 0 Å². The second-order valence-corrected chi connectivity index (χ2v) is 9.50. The van der Waals surface area contributed by atoms with Gasteiger partial charge in [0.2, 0.25) is 27.7 Å². The van der Waals surface area contributed by atoms with Crippen LogP contribution < -0.4 is 10.0 Å². The van der Waals surface area contributed by atoms with E-state index in [1.165, 1.54) is 31.2 Å². The van der Waals surface area contributed by atoms with Crippen molar-refractivity contribution in [3.05, 3.63) is 36.4 Å². The zero-order valence-electron chi connectivity index (χ0n) is 16.0. The van der Waals surface area contributed by atoms with E-state index in [0.717, 1.165) is 17.7 Å². The van der Waals surface area contributed by atoms with Crippen LogP contribution >= 0.6 is 0 Å². The molecule has 3 amide bonds. The molecule has 2 aliphatic carbocycles. The fraction of sp³-hybridized carbons (Fsp3) is 0.450. The minimum absolute atomic E-state index is 0.00894. The number of fused-ring (bicyclic) bond motifs is 1. The lowest BCUT2D eigenvalue weighted by molar-refractivity contribution is -0.146. The zero-order chi connectivity index (χ0) is 20.8. The van der Waals surface area contributed by atoms with Gasteiger partial charge in [-0.25, -0.2) is 13.1 Å². The molecule has 9 heteroatoms. The van der Waals surface area contributed by atoms with Gasteiger partial charge in [0.15, 0.2) is 0 Å². The maximum absolute atomic E-state index is 12.6. The summed E-state index contributed by atoms with van der Waals surface area (Å²) in [4.78, 5) is 39.0. The lowest BCUT2D eigenvalue weighted by atomic mass is 9.85. The smallest absolute Gasteiger partial charge is 0.247 e. The van der Waals surface area contributed by atoms with Gasteiger partial charge in [0.05, 0.1) is 16.7 Å². The van der Waals surface area contributed by atoms with Crippen LogP contribution in [0.3, 0.4) is 0 Å². The summed E-state index contributed by atoms with van der Waals surface area (Å²) in [5.74, 6) is -1.87. The Hall–Kier alpha value is -2.52. The number of rotatable bonds is 6. The summed E-state index contributed by atoms with van der Waals surface area (Å²) in [6, 6.07) is 4.87. The number of hydrogen-bond acceptors (Lipinski definition) is 5. The third kappa shape index (κ3) is 3.84. The molecule has 1 aromatic carbocycles. The molecule has 0 radical (unpaired) electrons. The number of carbonyl (C=O) groups is 3. The van der Waals surface area contributed by atoms with E-state index in [1.54, 1.807) is 0 Å². The van der Waals surface area contributed by atoms with Crippen LogP contribution in [0.5, 0.6) is 0 Å². The van der Waals surface area contributed by atoms with Gasteiger partial charge >= 0.3 is 0 Å². The van der Waals surface area contributed by atoms with Crippen LogP contribution in [0.15, 0.2) is 41.3 Å². The number of sulfonamides is 1. The summed E-state index contributed by atoms with van der Waals surface area (Å²) in [7, 11) is -3.56. The molecule has 0 unspecified atom stereocenters. The number of allylic oxidation sites excluding steroid dienone is 2. The van der Waals surface area contributed by atoms with Crippen molar-refractivity contribution in [2.24, 2.45) is 11.8 Å². The first-order chi connectivity index (χ1) is 13.8. The van der Waals surface area contributed by atoms with E-state index in [2.05, 4.69) is 10.0 Å². The van der Waals surface area contributed by atoms with Gasteiger partial charge < -0.3 is 5.32 Å². The normalized spacial score (nSPS) is 25.1. The zero-order valence-corrected chi connectivity index (χ0v) is 16.8. The van der Waals surface area contributed by atoms with Gasteiger partial charge in [0.1, 0.15) is 6.04 Å². The van der Waals surface area contributed by atoms with E-state index in [-0.39, 0.29) is 34.6 Å². The number of carbonyl (C=O) groups excluding carboxylic acids is 3.